The molecule has 0 saturated heterocycles. The molecule has 1 rings (SSSR count). The van der Waals surface area contributed by atoms with Crippen LogP contribution in [0.4, 0.5) is 0 Å². The van der Waals surface area contributed by atoms with Crippen molar-refractivity contribution in [1.29, 1.82) is 0 Å². The van der Waals surface area contributed by atoms with Gasteiger partial charge < -0.3 is 0 Å². The second kappa shape index (κ2) is 5.91. The van der Waals surface area contributed by atoms with E-state index in [0.29, 0.717) is 10.7 Å². The van der Waals surface area contributed by atoms with Gasteiger partial charge in [0.05, 0.1) is 0 Å². The van der Waals surface area contributed by atoms with E-state index in [-0.39, 0.29) is 0 Å². The lowest BCUT2D eigenvalue weighted by molar-refractivity contribution is 0.582. The second-order valence-electron chi connectivity index (χ2n) is 4.39. The van der Waals surface area contributed by atoms with Crippen LogP contribution in [0.5, 0.6) is 0 Å². The first-order chi connectivity index (χ1) is 7.00. The third-order valence-electron chi connectivity index (χ3n) is 2.62. The Morgan fingerprint density at radius 3 is 2.53 bits per heavy atom. The number of halogens is 2. The molecule has 0 nitrogen and oxygen atoms in total. The zero-order valence-electron chi connectivity index (χ0n) is 9.56. The minimum absolute atomic E-state index is 0.579. The lowest BCUT2D eigenvalue weighted by Gasteiger charge is -2.14. The molecule has 0 aliphatic rings. The predicted octanol–water partition coefficient (Wildman–Crippen LogP) is 5.00. The molecular formula is C13H18BrCl. The first-order valence-corrected chi connectivity index (χ1v) is 6.69. The molecule has 0 heterocycles. The Bertz CT molecular complexity index is 320. The van der Waals surface area contributed by atoms with Gasteiger partial charge in [0.2, 0.25) is 0 Å². The molecule has 0 spiro atoms. The normalized spacial score (nSPS) is 13.2. The quantitative estimate of drug-likeness (QED) is 0.684. The molecule has 0 N–H and O–H groups in total. The van der Waals surface area contributed by atoms with E-state index in [9.17, 15) is 0 Å². The van der Waals surface area contributed by atoms with Gasteiger partial charge in [-0.05, 0) is 42.9 Å². The minimum atomic E-state index is 0.579. The van der Waals surface area contributed by atoms with Crippen molar-refractivity contribution < 1.29 is 0 Å². The largest absolute Gasteiger partial charge is 0.0888 e. The molecule has 0 bridgehead atoms. The van der Waals surface area contributed by atoms with E-state index in [0.717, 1.165) is 17.9 Å². The summed E-state index contributed by atoms with van der Waals surface area (Å²) in [6.07, 6.45) is 2.19. The summed E-state index contributed by atoms with van der Waals surface area (Å²) in [4.78, 5) is 0.579. The van der Waals surface area contributed by atoms with Crippen LogP contribution in [0.1, 0.15) is 31.4 Å². The second-order valence-corrected chi connectivity index (χ2v) is 5.98. The summed E-state index contributed by atoms with van der Waals surface area (Å²) in [6.45, 7) is 6.53. The number of benzene rings is 1. The zero-order valence-corrected chi connectivity index (χ0v) is 11.9. The van der Waals surface area contributed by atoms with E-state index in [2.05, 4.69) is 48.8 Å². The Hall–Kier alpha value is -0.0100. The molecule has 84 valence electrons. The van der Waals surface area contributed by atoms with Gasteiger partial charge in [-0.1, -0.05) is 53.5 Å². The van der Waals surface area contributed by atoms with Gasteiger partial charge in [0.15, 0.2) is 0 Å². The molecule has 1 aromatic rings. The molecule has 1 atom stereocenters. The Morgan fingerprint density at radius 1 is 1.33 bits per heavy atom. The summed E-state index contributed by atoms with van der Waals surface area (Å²) in [5.41, 5.74) is 2.48. The summed E-state index contributed by atoms with van der Waals surface area (Å²) in [5, 5.41) is 0.901. The van der Waals surface area contributed by atoms with E-state index in [1.54, 1.807) is 0 Å². The Balaban J connectivity index is 2.58. The highest BCUT2D eigenvalue weighted by atomic mass is 79.9. The molecule has 0 radical (unpaired) electrons. The highest BCUT2D eigenvalue weighted by Crippen LogP contribution is 2.23. The molecule has 0 saturated carbocycles. The number of alkyl halides is 1. The average molecular weight is 290 g/mol. The van der Waals surface area contributed by atoms with Crippen LogP contribution in [-0.4, -0.2) is 4.83 Å². The van der Waals surface area contributed by atoms with Crippen LogP contribution < -0.4 is 0 Å². The van der Waals surface area contributed by atoms with Gasteiger partial charge in [0.1, 0.15) is 0 Å². The third-order valence-corrected chi connectivity index (χ3v) is 4.49. The molecule has 2 heteroatoms. The van der Waals surface area contributed by atoms with E-state index >= 15 is 0 Å². The topological polar surface area (TPSA) is 0 Å². The lowest BCUT2D eigenvalue weighted by Crippen LogP contribution is -2.08. The van der Waals surface area contributed by atoms with E-state index in [1.165, 1.54) is 11.1 Å². The summed E-state index contributed by atoms with van der Waals surface area (Å²) >= 11 is 9.87. The standard InChI is InChI=1S/C13H18BrCl/c1-9(2)12(14)7-6-11-5-4-10(3)8-13(11)15/h4-5,8-9,12H,6-7H2,1-3H3. The Labute approximate surface area is 106 Å². The molecule has 0 aromatic heterocycles. The molecule has 15 heavy (non-hydrogen) atoms. The third kappa shape index (κ3) is 4.16. The van der Waals surface area contributed by atoms with Crippen molar-refractivity contribution in [3.05, 3.63) is 34.3 Å². The van der Waals surface area contributed by atoms with E-state index in [4.69, 9.17) is 11.6 Å². The van der Waals surface area contributed by atoms with Gasteiger partial charge in [-0.2, -0.15) is 0 Å². The van der Waals surface area contributed by atoms with Crippen LogP contribution in [-0.2, 0) is 6.42 Å². The number of hydrogen-bond acceptors (Lipinski definition) is 0. The first-order valence-electron chi connectivity index (χ1n) is 5.40. The highest BCUT2D eigenvalue weighted by molar-refractivity contribution is 9.09. The number of hydrogen-bond donors (Lipinski definition) is 0. The molecular weight excluding hydrogens is 271 g/mol. The molecule has 0 aliphatic heterocycles. The fraction of sp³-hybridized carbons (Fsp3) is 0.538. The molecule has 0 amide bonds. The summed E-state index contributed by atoms with van der Waals surface area (Å²) in [5.74, 6) is 0.675. The van der Waals surface area contributed by atoms with Crippen LogP contribution >= 0.6 is 27.5 Å². The monoisotopic (exact) mass is 288 g/mol. The SMILES string of the molecule is Cc1ccc(CCC(Br)C(C)C)c(Cl)c1. The van der Waals surface area contributed by atoms with Crippen LogP contribution in [0, 0.1) is 12.8 Å². The van der Waals surface area contributed by atoms with Crippen molar-refractivity contribution in [2.24, 2.45) is 5.92 Å². The maximum Gasteiger partial charge on any atom is 0.0440 e. The summed E-state index contributed by atoms with van der Waals surface area (Å²) < 4.78 is 0. The van der Waals surface area contributed by atoms with Crippen LogP contribution in [0.15, 0.2) is 18.2 Å². The first kappa shape index (κ1) is 13.1. The minimum Gasteiger partial charge on any atom is -0.0888 e. The Morgan fingerprint density at radius 2 is 2.00 bits per heavy atom. The fourth-order valence-corrected chi connectivity index (χ4v) is 2.04. The van der Waals surface area contributed by atoms with E-state index < -0.39 is 0 Å². The highest BCUT2D eigenvalue weighted by Gasteiger charge is 2.10. The van der Waals surface area contributed by atoms with Crippen LogP contribution in [0.3, 0.4) is 0 Å². The van der Waals surface area contributed by atoms with Gasteiger partial charge in [-0.3, -0.25) is 0 Å². The van der Waals surface area contributed by atoms with Gasteiger partial charge in [0, 0.05) is 9.85 Å². The maximum absolute atomic E-state index is 6.18. The van der Waals surface area contributed by atoms with E-state index in [1.807, 2.05) is 6.07 Å². The number of rotatable bonds is 4. The van der Waals surface area contributed by atoms with Gasteiger partial charge in [0.25, 0.3) is 0 Å². The van der Waals surface area contributed by atoms with Crippen molar-refractivity contribution in [2.45, 2.75) is 38.4 Å². The van der Waals surface area contributed by atoms with Crippen molar-refractivity contribution in [1.82, 2.24) is 0 Å². The van der Waals surface area contributed by atoms with Crippen molar-refractivity contribution in [2.75, 3.05) is 0 Å². The smallest absolute Gasteiger partial charge is 0.0440 e. The summed E-state index contributed by atoms with van der Waals surface area (Å²) in [7, 11) is 0. The lowest BCUT2D eigenvalue weighted by atomic mass is 10.0. The van der Waals surface area contributed by atoms with Crippen LogP contribution in [0.2, 0.25) is 5.02 Å². The van der Waals surface area contributed by atoms with Crippen molar-refractivity contribution in [3.63, 3.8) is 0 Å². The predicted molar refractivity (Wildman–Crippen MR) is 72.1 cm³/mol. The molecule has 1 unspecified atom stereocenters. The van der Waals surface area contributed by atoms with Gasteiger partial charge in [-0.25, -0.2) is 0 Å². The molecule has 0 aliphatic carbocycles. The van der Waals surface area contributed by atoms with Crippen molar-refractivity contribution in [3.8, 4) is 0 Å². The average Bonchev–Trinajstić information content (AvgIpc) is 2.15. The number of aryl methyl sites for hydroxylation is 2. The molecule has 0 fully saturated rings. The Kier molecular flexibility index (Phi) is 5.14. The van der Waals surface area contributed by atoms with Crippen molar-refractivity contribution >= 4 is 27.5 Å². The maximum atomic E-state index is 6.18. The fourth-order valence-electron chi connectivity index (χ4n) is 1.48. The zero-order chi connectivity index (χ0) is 11.4. The molecule has 1 aromatic carbocycles. The van der Waals surface area contributed by atoms with Gasteiger partial charge >= 0.3 is 0 Å². The van der Waals surface area contributed by atoms with Crippen LogP contribution in [0.25, 0.3) is 0 Å². The van der Waals surface area contributed by atoms with Gasteiger partial charge in [-0.15, -0.1) is 0 Å². The summed E-state index contributed by atoms with van der Waals surface area (Å²) in [6, 6.07) is 6.30.